The summed E-state index contributed by atoms with van der Waals surface area (Å²) in [6.07, 6.45) is -3.34. The molecule has 0 fully saturated rings. The number of benzene rings is 2. The minimum absolute atomic E-state index is 0.236. The van der Waals surface area contributed by atoms with Gasteiger partial charge < -0.3 is 5.32 Å². The molecule has 0 bridgehead atoms. The van der Waals surface area contributed by atoms with E-state index in [2.05, 4.69) is 12.2 Å². The smallest absolute Gasteiger partial charge is 0.381 e. The maximum Gasteiger partial charge on any atom is 0.416 e. The first kappa shape index (κ1) is 15.4. The first-order valence-electron chi connectivity index (χ1n) is 6.89. The molecule has 0 atom stereocenters. The van der Waals surface area contributed by atoms with E-state index in [9.17, 15) is 13.2 Å². The fourth-order valence-corrected chi connectivity index (χ4v) is 2.13. The van der Waals surface area contributed by atoms with Crippen molar-refractivity contribution in [2.24, 2.45) is 0 Å². The second-order valence-electron chi connectivity index (χ2n) is 5.05. The monoisotopic (exact) mass is 293 g/mol. The van der Waals surface area contributed by atoms with Gasteiger partial charge in [-0.05, 0) is 42.2 Å². The van der Waals surface area contributed by atoms with Gasteiger partial charge in [-0.2, -0.15) is 13.2 Å². The third-order valence-electron chi connectivity index (χ3n) is 3.47. The zero-order valence-electron chi connectivity index (χ0n) is 12.1. The van der Waals surface area contributed by atoms with E-state index in [1.165, 1.54) is 18.6 Å². The summed E-state index contributed by atoms with van der Waals surface area (Å²) >= 11 is 0. The van der Waals surface area contributed by atoms with Crippen LogP contribution in [0.15, 0.2) is 42.5 Å². The van der Waals surface area contributed by atoms with Crippen LogP contribution >= 0.6 is 0 Å². The zero-order chi connectivity index (χ0) is 15.5. The molecule has 0 heterocycles. The van der Waals surface area contributed by atoms with Crippen molar-refractivity contribution in [2.75, 3.05) is 5.32 Å². The van der Waals surface area contributed by atoms with Crippen LogP contribution in [-0.2, 0) is 19.1 Å². The van der Waals surface area contributed by atoms with Crippen LogP contribution in [0.2, 0.25) is 0 Å². The molecule has 0 aromatic heterocycles. The molecule has 0 aliphatic heterocycles. The molecule has 0 saturated carbocycles. The third kappa shape index (κ3) is 4.00. The maximum absolute atomic E-state index is 12.8. The van der Waals surface area contributed by atoms with E-state index < -0.39 is 11.7 Å². The standard InChI is InChI=1S/C17H18F3N/c1-3-13-5-7-14(8-6-13)11-21-15-9-4-12(2)16(10-15)17(18,19)20/h4-10,21H,3,11H2,1-2H3. The molecular formula is C17H18F3N. The highest BCUT2D eigenvalue weighted by Crippen LogP contribution is 2.33. The second kappa shape index (κ2) is 6.20. The van der Waals surface area contributed by atoms with Gasteiger partial charge in [0, 0.05) is 12.2 Å². The van der Waals surface area contributed by atoms with Crippen molar-refractivity contribution in [3.63, 3.8) is 0 Å². The van der Waals surface area contributed by atoms with Crippen LogP contribution in [0.4, 0.5) is 18.9 Å². The van der Waals surface area contributed by atoms with Gasteiger partial charge in [-0.15, -0.1) is 0 Å². The van der Waals surface area contributed by atoms with Gasteiger partial charge in [-0.3, -0.25) is 0 Å². The Balaban J connectivity index is 2.09. The molecule has 0 aliphatic carbocycles. The fraction of sp³-hybridized carbons (Fsp3) is 0.294. The van der Waals surface area contributed by atoms with Crippen LogP contribution in [0.3, 0.4) is 0 Å². The Hall–Kier alpha value is -1.97. The average Bonchev–Trinajstić information content (AvgIpc) is 2.45. The minimum atomic E-state index is -4.31. The Labute approximate surface area is 122 Å². The molecular weight excluding hydrogens is 275 g/mol. The fourth-order valence-electron chi connectivity index (χ4n) is 2.13. The summed E-state index contributed by atoms with van der Waals surface area (Å²) in [6, 6.07) is 12.4. The van der Waals surface area contributed by atoms with Gasteiger partial charge >= 0.3 is 6.18 Å². The zero-order valence-corrected chi connectivity index (χ0v) is 12.1. The van der Waals surface area contributed by atoms with E-state index in [4.69, 9.17) is 0 Å². The van der Waals surface area contributed by atoms with E-state index in [1.54, 1.807) is 6.07 Å². The average molecular weight is 293 g/mol. The number of hydrogen-bond donors (Lipinski definition) is 1. The topological polar surface area (TPSA) is 12.0 Å². The van der Waals surface area contributed by atoms with E-state index in [0.717, 1.165) is 18.1 Å². The number of anilines is 1. The Morgan fingerprint density at radius 2 is 1.57 bits per heavy atom. The molecule has 0 aliphatic rings. The summed E-state index contributed by atoms with van der Waals surface area (Å²) in [6.45, 7) is 4.05. The highest BCUT2D eigenvalue weighted by Gasteiger charge is 2.32. The number of hydrogen-bond acceptors (Lipinski definition) is 1. The van der Waals surface area contributed by atoms with Gasteiger partial charge in [0.1, 0.15) is 0 Å². The lowest BCUT2D eigenvalue weighted by Crippen LogP contribution is -2.09. The van der Waals surface area contributed by atoms with Crippen molar-refractivity contribution in [1.82, 2.24) is 0 Å². The van der Waals surface area contributed by atoms with Gasteiger partial charge in [-0.25, -0.2) is 0 Å². The van der Waals surface area contributed by atoms with Crippen LogP contribution in [0.1, 0.15) is 29.2 Å². The number of alkyl halides is 3. The molecule has 0 amide bonds. The maximum atomic E-state index is 12.8. The van der Waals surface area contributed by atoms with Crippen LogP contribution in [0.5, 0.6) is 0 Å². The molecule has 0 radical (unpaired) electrons. The predicted molar refractivity (Wildman–Crippen MR) is 79.3 cm³/mol. The summed E-state index contributed by atoms with van der Waals surface area (Å²) in [4.78, 5) is 0. The van der Waals surface area contributed by atoms with Crippen LogP contribution in [-0.4, -0.2) is 0 Å². The molecule has 0 saturated heterocycles. The van der Waals surface area contributed by atoms with E-state index in [-0.39, 0.29) is 5.56 Å². The largest absolute Gasteiger partial charge is 0.416 e. The quantitative estimate of drug-likeness (QED) is 0.818. The molecule has 2 aromatic rings. The van der Waals surface area contributed by atoms with E-state index in [0.29, 0.717) is 12.2 Å². The van der Waals surface area contributed by atoms with Crippen molar-refractivity contribution in [3.8, 4) is 0 Å². The third-order valence-corrected chi connectivity index (χ3v) is 3.47. The van der Waals surface area contributed by atoms with Crippen molar-refractivity contribution < 1.29 is 13.2 Å². The Bertz CT molecular complexity index is 600. The lowest BCUT2D eigenvalue weighted by molar-refractivity contribution is -0.138. The Kier molecular flexibility index (Phi) is 4.56. The number of nitrogens with one attached hydrogen (secondary N) is 1. The second-order valence-corrected chi connectivity index (χ2v) is 5.05. The lowest BCUT2D eigenvalue weighted by Gasteiger charge is -2.13. The van der Waals surface area contributed by atoms with Gasteiger partial charge in [-0.1, -0.05) is 37.3 Å². The van der Waals surface area contributed by atoms with Gasteiger partial charge in [0.25, 0.3) is 0 Å². The first-order chi connectivity index (χ1) is 9.90. The summed E-state index contributed by atoms with van der Waals surface area (Å²) in [5.74, 6) is 0. The van der Waals surface area contributed by atoms with Gasteiger partial charge in [0.05, 0.1) is 5.56 Å². The Morgan fingerprint density at radius 3 is 2.14 bits per heavy atom. The SMILES string of the molecule is CCc1ccc(CNc2ccc(C)c(C(F)(F)F)c2)cc1. The predicted octanol–water partition coefficient (Wildman–Crippen LogP) is 5.19. The number of aryl methyl sites for hydroxylation is 2. The van der Waals surface area contributed by atoms with Crippen LogP contribution in [0, 0.1) is 6.92 Å². The molecule has 1 nitrogen and oxygen atoms in total. The highest BCUT2D eigenvalue weighted by atomic mass is 19.4. The summed E-state index contributed by atoms with van der Waals surface area (Å²) in [7, 11) is 0. The normalized spacial score (nSPS) is 11.5. The number of rotatable bonds is 4. The molecule has 0 spiro atoms. The van der Waals surface area contributed by atoms with E-state index in [1.807, 2.05) is 24.3 Å². The molecule has 1 N–H and O–H groups in total. The lowest BCUT2D eigenvalue weighted by atomic mass is 10.1. The molecule has 2 rings (SSSR count). The Morgan fingerprint density at radius 1 is 0.952 bits per heavy atom. The first-order valence-corrected chi connectivity index (χ1v) is 6.89. The number of halogens is 3. The van der Waals surface area contributed by atoms with Crippen molar-refractivity contribution in [3.05, 3.63) is 64.7 Å². The van der Waals surface area contributed by atoms with Crippen molar-refractivity contribution in [2.45, 2.75) is 33.0 Å². The summed E-state index contributed by atoms with van der Waals surface area (Å²) < 4.78 is 38.5. The minimum Gasteiger partial charge on any atom is -0.381 e. The van der Waals surface area contributed by atoms with Gasteiger partial charge in [0.15, 0.2) is 0 Å². The van der Waals surface area contributed by atoms with Crippen LogP contribution < -0.4 is 5.32 Å². The van der Waals surface area contributed by atoms with Crippen molar-refractivity contribution >= 4 is 5.69 Å². The molecule has 112 valence electrons. The van der Waals surface area contributed by atoms with Crippen LogP contribution in [0.25, 0.3) is 0 Å². The van der Waals surface area contributed by atoms with E-state index >= 15 is 0 Å². The molecule has 4 heteroatoms. The van der Waals surface area contributed by atoms with Gasteiger partial charge in [0.2, 0.25) is 0 Å². The molecule has 2 aromatic carbocycles. The summed E-state index contributed by atoms with van der Waals surface area (Å²) in [5, 5.41) is 3.04. The highest BCUT2D eigenvalue weighted by molar-refractivity contribution is 5.49. The van der Waals surface area contributed by atoms with Crippen molar-refractivity contribution in [1.29, 1.82) is 0 Å². The molecule has 21 heavy (non-hydrogen) atoms. The molecule has 0 unspecified atom stereocenters. The summed E-state index contributed by atoms with van der Waals surface area (Å²) in [5.41, 5.74) is 2.41.